The fourth-order valence-electron chi connectivity index (χ4n) is 1.97. The molecule has 0 unspecified atom stereocenters. The Morgan fingerprint density at radius 2 is 1.92 bits per heavy atom. The predicted octanol–water partition coefficient (Wildman–Crippen LogP) is 1.45. The molecule has 0 atom stereocenters. The van der Waals surface area contributed by atoms with Crippen LogP contribution in [0.25, 0.3) is 0 Å². The Hall–Kier alpha value is -3.66. The third-order valence-corrected chi connectivity index (χ3v) is 3.11. The second-order valence-electron chi connectivity index (χ2n) is 5.02. The Morgan fingerprint density at radius 3 is 2.58 bits per heavy atom. The summed E-state index contributed by atoms with van der Waals surface area (Å²) in [5.41, 5.74) is 7.84. The summed E-state index contributed by atoms with van der Waals surface area (Å²) < 4.78 is 1.68. The Bertz CT molecular complexity index is 933. The SMILES string of the molecule is Cn1cc(Nc2ncc(C#Cc3cccc(C(N)=O)c3)cn2)cn1. The number of nitrogens with one attached hydrogen (secondary N) is 1. The van der Waals surface area contributed by atoms with Crippen LogP contribution < -0.4 is 11.1 Å². The van der Waals surface area contributed by atoms with Crippen molar-refractivity contribution in [1.82, 2.24) is 19.7 Å². The van der Waals surface area contributed by atoms with Crippen LogP contribution in [0.5, 0.6) is 0 Å². The van der Waals surface area contributed by atoms with Crippen LogP contribution >= 0.6 is 0 Å². The van der Waals surface area contributed by atoms with Crippen LogP contribution in [0.2, 0.25) is 0 Å². The summed E-state index contributed by atoms with van der Waals surface area (Å²) in [6, 6.07) is 6.84. The van der Waals surface area contributed by atoms with E-state index in [4.69, 9.17) is 5.73 Å². The molecule has 3 N–H and O–H groups in total. The molecule has 0 aliphatic rings. The zero-order chi connectivity index (χ0) is 16.9. The summed E-state index contributed by atoms with van der Waals surface area (Å²) in [5.74, 6) is 5.89. The highest BCUT2D eigenvalue weighted by atomic mass is 16.1. The van der Waals surface area contributed by atoms with Crippen molar-refractivity contribution < 1.29 is 4.79 Å². The second kappa shape index (κ2) is 6.62. The molecule has 1 amide bonds. The summed E-state index contributed by atoms with van der Waals surface area (Å²) in [6.07, 6.45) is 6.75. The number of benzene rings is 1. The van der Waals surface area contributed by atoms with Crippen molar-refractivity contribution in [2.45, 2.75) is 0 Å². The van der Waals surface area contributed by atoms with Gasteiger partial charge in [-0.25, -0.2) is 9.97 Å². The fraction of sp³-hybridized carbons (Fsp3) is 0.0588. The Kier molecular flexibility index (Phi) is 4.21. The lowest BCUT2D eigenvalue weighted by Crippen LogP contribution is -2.10. The predicted molar refractivity (Wildman–Crippen MR) is 89.5 cm³/mol. The average Bonchev–Trinajstić information content (AvgIpc) is 2.99. The van der Waals surface area contributed by atoms with Crippen LogP contribution in [-0.4, -0.2) is 25.7 Å². The van der Waals surface area contributed by atoms with Gasteiger partial charge in [0.25, 0.3) is 0 Å². The lowest BCUT2D eigenvalue weighted by molar-refractivity contribution is 0.100. The van der Waals surface area contributed by atoms with Gasteiger partial charge in [0.15, 0.2) is 0 Å². The molecule has 0 fully saturated rings. The third-order valence-electron chi connectivity index (χ3n) is 3.11. The highest BCUT2D eigenvalue weighted by Crippen LogP contribution is 2.10. The number of rotatable bonds is 3. The van der Waals surface area contributed by atoms with E-state index < -0.39 is 5.91 Å². The molecule has 118 valence electrons. The number of anilines is 2. The quantitative estimate of drug-likeness (QED) is 0.712. The number of nitrogens with zero attached hydrogens (tertiary/aromatic N) is 4. The van der Waals surface area contributed by atoms with Gasteiger partial charge in [-0.05, 0) is 18.2 Å². The van der Waals surface area contributed by atoms with Gasteiger partial charge in [0.2, 0.25) is 11.9 Å². The van der Waals surface area contributed by atoms with Crippen molar-refractivity contribution in [3.63, 3.8) is 0 Å². The number of hydrogen-bond donors (Lipinski definition) is 2. The molecule has 3 rings (SSSR count). The van der Waals surface area contributed by atoms with E-state index >= 15 is 0 Å². The number of amides is 1. The van der Waals surface area contributed by atoms with Gasteiger partial charge in [0, 0.05) is 36.8 Å². The summed E-state index contributed by atoms with van der Waals surface area (Å²) in [6.45, 7) is 0. The van der Waals surface area contributed by atoms with E-state index in [0.29, 0.717) is 22.6 Å². The molecule has 3 aromatic rings. The molecule has 0 spiro atoms. The molecule has 2 aromatic heterocycles. The zero-order valence-corrected chi connectivity index (χ0v) is 12.9. The minimum absolute atomic E-state index is 0.425. The Morgan fingerprint density at radius 1 is 1.17 bits per heavy atom. The number of nitrogens with two attached hydrogens (primary N) is 1. The summed E-state index contributed by atoms with van der Waals surface area (Å²) in [5, 5.41) is 7.10. The maximum absolute atomic E-state index is 11.2. The van der Waals surface area contributed by atoms with Crippen molar-refractivity contribution in [1.29, 1.82) is 0 Å². The van der Waals surface area contributed by atoms with E-state index in [1.807, 2.05) is 13.2 Å². The van der Waals surface area contributed by atoms with E-state index in [2.05, 4.69) is 32.2 Å². The van der Waals surface area contributed by atoms with Crippen molar-refractivity contribution in [2.24, 2.45) is 12.8 Å². The van der Waals surface area contributed by atoms with Gasteiger partial charge in [-0.2, -0.15) is 5.10 Å². The number of carbonyl (C=O) groups is 1. The smallest absolute Gasteiger partial charge is 0.248 e. The van der Waals surface area contributed by atoms with Crippen LogP contribution in [0.3, 0.4) is 0 Å². The van der Waals surface area contributed by atoms with Crippen molar-refractivity contribution in [3.05, 3.63) is 65.7 Å². The first-order valence-corrected chi connectivity index (χ1v) is 7.10. The highest BCUT2D eigenvalue weighted by Gasteiger charge is 2.01. The first kappa shape index (κ1) is 15.2. The molecule has 0 radical (unpaired) electrons. The number of carbonyl (C=O) groups excluding carboxylic acids is 1. The fourth-order valence-corrected chi connectivity index (χ4v) is 1.97. The number of hydrogen-bond acceptors (Lipinski definition) is 5. The number of primary amides is 1. The summed E-state index contributed by atoms with van der Waals surface area (Å²) >= 11 is 0. The van der Waals surface area contributed by atoms with Crippen molar-refractivity contribution >= 4 is 17.5 Å². The lowest BCUT2D eigenvalue weighted by Gasteiger charge is -2.00. The second-order valence-corrected chi connectivity index (χ2v) is 5.02. The molecule has 0 aliphatic heterocycles. The van der Waals surface area contributed by atoms with Crippen LogP contribution in [0.1, 0.15) is 21.5 Å². The Labute approximate surface area is 138 Å². The number of aromatic nitrogens is 4. The standard InChI is InChI=1S/C17H14N6O/c1-23-11-15(10-21-23)22-17-19-8-13(9-20-17)6-5-12-3-2-4-14(7-12)16(18)24/h2-4,7-11H,1H3,(H2,18,24)(H,19,20,22). The molecule has 24 heavy (non-hydrogen) atoms. The Balaban J connectivity index is 1.73. The normalized spacial score (nSPS) is 9.88. The van der Waals surface area contributed by atoms with Gasteiger partial charge >= 0.3 is 0 Å². The van der Waals surface area contributed by atoms with Gasteiger partial charge in [-0.15, -0.1) is 0 Å². The van der Waals surface area contributed by atoms with Crippen LogP contribution in [0.15, 0.2) is 49.1 Å². The van der Waals surface area contributed by atoms with E-state index in [-0.39, 0.29) is 0 Å². The van der Waals surface area contributed by atoms with Gasteiger partial charge in [-0.3, -0.25) is 9.48 Å². The van der Waals surface area contributed by atoms with Crippen LogP contribution in [0, 0.1) is 11.8 Å². The lowest BCUT2D eigenvalue weighted by atomic mass is 10.1. The highest BCUT2D eigenvalue weighted by molar-refractivity contribution is 5.93. The van der Waals surface area contributed by atoms with E-state index in [1.54, 1.807) is 47.5 Å². The maximum atomic E-state index is 11.2. The molecule has 7 nitrogen and oxygen atoms in total. The zero-order valence-electron chi connectivity index (χ0n) is 12.9. The molecular weight excluding hydrogens is 304 g/mol. The molecule has 2 heterocycles. The van der Waals surface area contributed by atoms with Crippen LogP contribution in [0.4, 0.5) is 11.6 Å². The van der Waals surface area contributed by atoms with Gasteiger partial charge in [0.05, 0.1) is 17.4 Å². The van der Waals surface area contributed by atoms with Crippen molar-refractivity contribution in [2.75, 3.05) is 5.32 Å². The van der Waals surface area contributed by atoms with Gasteiger partial charge in [0.1, 0.15) is 0 Å². The van der Waals surface area contributed by atoms with Crippen LogP contribution in [-0.2, 0) is 7.05 Å². The van der Waals surface area contributed by atoms with Crippen molar-refractivity contribution in [3.8, 4) is 11.8 Å². The minimum atomic E-state index is -0.479. The first-order chi connectivity index (χ1) is 11.6. The third kappa shape index (κ3) is 3.75. The average molecular weight is 318 g/mol. The molecular formula is C17H14N6O. The molecule has 7 heteroatoms. The van der Waals surface area contributed by atoms with Gasteiger partial charge < -0.3 is 11.1 Å². The van der Waals surface area contributed by atoms with Gasteiger partial charge in [-0.1, -0.05) is 17.9 Å². The van der Waals surface area contributed by atoms with E-state index in [9.17, 15) is 4.79 Å². The summed E-state index contributed by atoms with van der Waals surface area (Å²) in [4.78, 5) is 19.6. The molecule has 0 saturated carbocycles. The van der Waals surface area contributed by atoms with E-state index in [0.717, 1.165) is 5.69 Å². The van der Waals surface area contributed by atoms with E-state index in [1.165, 1.54) is 0 Å². The molecule has 0 bridgehead atoms. The number of aryl methyl sites for hydroxylation is 1. The topological polar surface area (TPSA) is 98.7 Å². The molecule has 0 aliphatic carbocycles. The molecule has 0 saturated heterocycles. The summed E-state index contributed by atoms with van der Waals surface area (Å²) in [7, 11) is 1.83. The largest absolute Gasteiger partial charge is 0.366 e. The minimum Gasteiger partial charge on any atom is -0.366 e. The molecule has 1 aromatic carbocycles. The monoisotopic (exact) mass is 318 g/mol. The maximum Gasteiger partial charge on any atom is 0.248 e. The first-order valence-electron chi connectivity index (χ1n) is 7.10.